The zero-order valence-corrected chi connectivity index (χ0v) is 11.2. The summed E-state index contributed by atoms with van der Waals surface area (Å²) in [4.78, 5) is 25.5. The molecule has 18 heavy (non-hydrogen) atoms. The molecule has 2 saturated heterocycles. The topological polar surface area (TPSA) is 58.6 Å². The minimum atomic E-state index is -0.400. The van der Waals surface area contributed by atoms with E-state index in [9.17, 15) is 9.59 Å². The van der Waals surface area contributed by atoms with Crippen molar-refractivity contribution in [1.29, 1.82) is 0 Å². The number of rotatable bonds is 2. The predicted molar refractivity (Wildman–Crippen MR) is 67.0 cm³/mol. The first-order valence-corrected chi connectivity index (χ1v) is 6.66. The van der Waals surface area contributed by atoms with Crippen LogP contribution in [0.2, 0.25) is 0 Å². The maximum absolute atomic E-state index is 12.2. The highest BCUT2D eigenvalue weighted by atomic mass is 16.5. The molecular weight excluding hydrogens is 232 g/mol. The minimum Gasteiger partial charge on any atom is -0.381 e. The average Bonchev–Trinajstić information content (AvgIpc) is 2.44. The summed E-state index contributed by atoms with van der Waals surface area (Å²) in [6.07, 6.45) is 2.36. The first-order chi connectivity index (χ1) is 8.50. The van der Waals surface area contributed by atoms with Crippen molar-refractivity contribution in [3.8, 4) is 0 Å². The Hall–Kier alpha value is -1.10. The fourth-order valence-corrected chi connectivity index (χ4v) is 2.64. The van der Waals surface area contributed by atoms with E-state index >= 15 is 0 Å². The minimum absolute atomic E-state index is 0.0320. The van der Waals surface area contributed by atoms with E-state index < -0.39 is 6.04 Å². The zero-order valence-electron chi connectivity index (χ0n) is 11.2. The summed E-state index contributed by atoms with van der Waals surface area (Å²) in [6.45, 7) is 6.76. The summed E-state index contributed by atoms with van der Waals surface area (Å²) in [5.74, 6) is 0.00375. The van der Waals surface area contributed by atoms with Crippen molar-refractivity contribution in [3.63, 3.8) is 0 Å². The molecule has 5 heteroatoms. The van der Waals surface area contributed by atoms with Crippen LogP contribution in [0.4, 0.5) is 0 Å². The third kappa shape index (κ3) is 3.02. The molecule has 0 aromatic carbocycles. The molecule has 1 atom stereocenters. The average molecular weight is 254 g/mol. The molecule has 102 valence electrons. The smallest absolute Gasteiger partial charge is 0.244 e. The van der Waals surface area contributed by atoms with E-state index in [4.69, 9.17) is 4.74 Å². The van der Waals surface area contributed by atoms with Crippen molar-refractivity contribution in [2.45, 2.75) is 39.2 Å². The predicted octanol–water partition coefficient (Wildman–Crippen LogP) is 0.540. The summed E-state index contributed by atoms with van der Waals surface area (Å²) in [5, 5.41) is 2.72. The van der Waals surface area contributed by atoms with Gasteiger partial charge in [0.2, 0.25) is 11.8 Å². The van der Waals surface area contributed by atoms with Gasteiger partial charge in [-0.2, -0.15) is 0 Å². The van der Waals surface area contributed by atoms with Crippen LogP contribution in [0.1, 0.15) is 33.1 Å². The van der Waals surface area contributed by atoms with Crippen LogP contribution in [0, 0.1) is 5.41 Å². The van der Waals surface area contributed by atoms with E-state index in [1.807, 2.05) is 4.90 Å². The Kier molecular flexibility index (Phi) is 3.90. The van der Waals surface area contributed by atoms with Gasteiger partial charge in [-0.1, -0.05) is 6.92 Å². The Morgan fingerprint density at radius 1 is 1.39 bits per heavy atom. The van der Waals surface area contributed by atoms with Gasteiger partial charge in [0, 0.05) is 32.7 Å². The lowest BCUT2D eigenvalue weighted by Gasteiger charge is -2.38. The molecule has 2 heterocycles. The van der Waals surface area contributed by atoms with Gasteiger partial charge < -0.3 is 15.0 Å². The summed E-state index contributed by atoms with van der Waals surface area (Å²) >= 11 is 0. The lowest BCUT2D eigenvalue weighted by atomic mass is 9.82. The molecular formula is C13H22N2O3. The van der Waals surface area contributed by atoms with Gasteiger partial charge in [0.25, 0.3) is 0 Å². The Balaban J connectivity index is 2.02. The highest BCUT2D eigenvalue weighted by molar-refractivity contribution is 5.89. The van der Waals surface area contributed by atoms with Crippen molar-refractivity contribution in [2.75, 3.05) is 26.3 Å². The molecule has 0 saturated carbocycles. The number of carbonyl (C=O) groups excluding carboxylic acids is 2. The molecule has 2 aliphatic heterocycles. The highest BCUT2D eigenvalue weighted by Gasteiger charge is 2.34. The van der Waals surface area contributed by atoms with Crippen molar-refractivity contribution in [2.24, 2.45) is 5.41 Å². The Labute approximate surface area is 108 Å². The van der Waals surface area contributed by atoms with Crippen LogP contribution in [-0.4, -0.2) is 49.1 Å². The lowest BCUT2D eigenvalue weighted by Crippen LogP contribution is -2.47. The molecule has 0 aliphatic carbocycles. The molecule has 1 N–H and O–H groups in total. The molecule has 2 fully saturated rings. The molecule has 0 aromatic rings. The fourth-order valence-electron chi connectivity index (χ4n) is 2.64. The molecule has 0 spiro atoms. The SMILES string of the molecule is CC1NC(=O)CCN(CC2(C)CCOCC2)C1=O. The number of nitrogens with zero attached hydrogens (tertiary/aromatic N) is 1. The second-order valence-corrected chi connectivity index (χ2v) is 5.72. The zero-order chi connectivity index (χ0) is 13.2. The van der Waals surface area contributed by atoms with Crippen molar-refractivity contribution in [3.05, 3.63) is 0 Å². The third-order valence-electron chi connectivity index (χ3n) is 3.94. The monoisotopic (exact) mass is 254 g/mol. The van der Waals surface area contributed by atoms with Gasteiger partial charge in [-0.05, 0) is 25.2 Å². The highest BCUT2D eigenvalue weighted by Crippen LogP contribution is 2.31. The van der Waals surface area contributed by atoms with E-state index in [2.05, 4.69) is 12.2 Å². The number of carbonyl (C=O) groups is 2. The molecule has 0 bridgehead atoms. The van der Waals surface area contributed by atoms with E-state index in [-0.39, 0.29) is 17.2 Å². The van der Waals surface area contributed by atoms with E-state index in [1.54, 1.807) is 6.92 Å². The van der Waals surface area contributed by atoms with Crippen LogP contribution in [0.3, 0.4) is 0 Å². The first-order valence-electron chi connectivity index (χ1n) is 6.66. The van der Waals surface area contributed by atoms with Crippen LogP contribution in [0.5, 0.6) is 0 Å². The summed E-state index contributed by atoms with van der Waals surface area (Å²) in [6, 6.07) is -0.400. The van der Waals surface area contributed by atoms with Gasteiger partial charge in [-0.15, -0.1) is 0 Å². The molecule has 0 radical (unpaired) electrons. The van der Waals surface area contributed by atoms with Crippen LogP contribution < -0.4 is 5.32 Å². The van der Waals surface area contributed by atoms with E-state index in [1.165, 1.54) is 0 Å². The fraction of sp³-hybridized carbons (Fsp3) is 0.846. The normalized spacial score (nSPS) is 28.8. The third-order valence-corrected chi connectivity index (χ3v) is 3.94. The Morgan fingerprint density at radius 2 is 2.06 bits per heavy atom. The van der Waals surface area contributed by atoms with Crippen molar-refractivity contribution >= 4 is 11.8 Å². The number of ether oxygens (including phenoxy) is 1. The van der Waals surface area contributed by atoms with Gasteiger partial charge in [0.1, 0.15) is 6.04 Å². The van der Waals surface area contributed by atoms with Gasteiger partial charge >= 0.3 is 0 Å². The largest absolute Gasteiger partial charge is 0.381 e. The Bertz CT molecular complexity index is 337. The molecule has 0 aromatic heterocycles. The van der Waals surface area contributed by atoms with Gasteiger partial charge in [0.15, 0.2) is 0 Å². The van der Waals surface area contributed by atoms with Crippen LogP contribution in [0.25, 0.3) is 0 Å². The Morgan fingerprint density at radius 3 is 2.72 bits per heavy atom. The maximum Gasteiger partial charge on any atom is 0.244 e. The molecule has 2 amide bonds. The first kappa shape index (κ1) is 13.3. The van der Waals surface area contributed by atoms with Gasteiger partial charge in [-0.25, -0.2) is 0 Å². The summed E-state index contributed by atoms with van der Waals surface area (Å²) in [5.41, 5.74) is 0.126. The van der Waals surface area contributed by atoms with Crippen molar-refractivity contribution < 1.29 is 14.3 Å². The van der Waals surface area contributed by atoms with Gasteiger partial charge in [0.05, 0.1) is 0 Å². The van der Waals surface area contributed by atoms with Crippen LogP contribution >= 0.6 is 0 Å². The number of hydrogen-bond donors (Lipinski definition) is 1. The molecule has 2 aliphatic rings. The molecule has 5 nitrogen and oxygen atoms in total. The summed E-state index contributed by atoms with van der Waals surface area (Å²) in [7, 11) is 0. The lowest BCUT2D eigenvalue weighted by molar-refractivity contribution is -0.135. The molecule has 2 rings (SSSR count). The van der Waals surface area contributed by atoms with E-state index in [0.717, 1.165) is 32.6 Å². The van der Waals surface area contributed by atoms with Gasteiger partial charge in [-0.3, -0.25) is 9.59 Å². The van der Waals surface area contributed by atoms with Crippen LogP contribution in [0.15, 0.2) is 0 Å². The standard InChI is InChI=1S/C13H22N2O3/c1-10-12(17)15(6-3-11(16)14-10)9-13(2)4-7-18-8-5-13/h10H,3-9H2,1-2H3,(H,14,16). The number of hydrogen-bond acceptors (Lipinski definition) is 3. The van der Waals surface area contributed by atoms with Crippen LogP contribution in [-0.2, 0) is 14.3 Å². The second-order valence-electron chi connectivity index (χ2n) is 5.72. The number of amides is 2. The maximum atomic E-state index is 12.2. The summed E-state index contributed by atoms with van der Waals surface area (Å²) < 4.78 is 5.37. The van der Waals surface area contributed by atoms with Crippen molar-refractivity contribution in [1.82, 2.24) is 10.2 Å². The van der Waals surface area contributed by atoms with E-state index in [0.29, 0.717) is 13.0 Å². The quantitative estimate of drug-likeness (QED) is 0.782. The number of nitrogens with one attached hydrogen (secondary N) is 1. The second kappa shape index (κ2) is 5.26. The molecule has 1 unspecified atom stereocenters.